The molecule has 1 fully saturated rings. The summed E-state index contributed by atoms with van der Waals surface area (Å²) in [6, 6.07) is 11.0. The van der Waals surface area contributed by atoms with Gasteiger partial charge in [-0.1, -0.05) is 18.2 Å². The van der Waals surface area contributed by atoms with Crippen molar-refractivity contribution in [2.75, 3.05) is 26.5 Å². The Bertz CT molecular complexity index is 1080. The first-order chi connectivity index (χ1) is 14.9. The first-order valence-electron chi connectivity index (χ1n) is 9.57. The van der Waals surface area contributed by atoms with Gasteiger partial charge < -0.3 is 19.1 Å². The van der Waals surface area contributed by atoms with Crippen LogP contribution in [-0.2, 0) is 9.84 Å². The number of carbonyl (C=O) groups excluding carboxylic acids is 1. The fraction of sp³-hybridized carbons (Fsp3) is 0.381. The van der Waals surface area contributed by atoms with E-state index in [1.54, 1.807) is 24.3 Å². The number of hydrogen-bond acceptors (Lipinski definition) is 6. The Labute approximate surface area is 183 Å². The predicted octanol–water partition coefficient (Wildman–Crippen LogP) is 3.33. The van der Waals surface area contributed by atoms with Gasteiger partial charge in [-0.15, -0.1) is 0 Å². The molecule has 32 heavy (non-hydrogen) atoms. The van der Waals surface area contributed by atoms with Crippen molar-refractivity contribution in [3.05, 3.63) is 48.0 Å². The number of halogens is 3. The molecule has 2 aromatic carbocycles. The number of nitrogens with zero attached hydrogens (tertiary/aromatic N) is 1. The summed E-state index contributed by atoms with van der Waals surface area (Å²) in [5.41, 5.74) is -0.385. The summed E-state index contributed by atoms with van der Waals surface area (Å²) in [7, 11) is -2.71. The van der Waals surface area contributed by atoms with E-state index in [-0.39, 0.29) is 35.4 Å². The number of rotatable bonds is 7. The molecular weight excluding hydrogens is 451 g/mol. The number of benzene rings is 2. The zero-order valence-electron chi connectivity index (χ0n) is 17.5. The van der Waals surface area contributed by atoms with E-state index < -0.39 is 33.8 Å². The van der Waals surface area contributed by atoms with Crippen LogP contribution in [0.15, 0.2) is 47.4 Å². The van der Waals surface area contributed by atoms with Gasteiger partial charge in [0.05, 0.1) is 20.2 Å². The van der Waals surface area contributed by atoms with Gasteiger partial charge in [0.15, 0.2) is 21.7 Å². The summed E-state index contributed by atoms with van der Waals surface area (Å²) in [5.74, 6) is -0.887. The first kappa shape index (κ1) is 23.7. The summed E-state index contributed by atoms with van der Waals surface area (Å²) in [6.45, 7) is 1.11. The molecule has 7 nitrogen and oxygen atoms in total. The van der Waals surface area contributed by atoms with Gasteiger partial charge in [0.1, 0.15) is 28.1 Å². The van der Waals surface area contributed by atoms with E-state index in [0.29, 0.717) is 5.75 Å². The molecule has 0 unspecified atom stereocenters. The van der Waals surface area contributed by atoms with Gasteiger partial charge >= 0.3 is 6.18 Å². The Hall–Kier alpha value is -2.95. The number of hydrogen-bond donors (Lipinski definition) is 0. The lowest BCUT2D eigenvalue weighted by molar-refractivity contribution is -0.189. The van der Waals surface area contributed by atoms with Crippen LogP contribution < -0.4 is 14.2 Å². The minimum absolute atomic E-state index is 0.161. The standard InChI is InChI=1S/C21H22F3NO6S/c1-13(21(22,23)24)30-16-9-10-17(32(3,27)28)19(29-2)18(16)20(26)25-11-15(12-25)31-14-7-5-4-6-8-14/h4-10,13,15H,11-12H2,1-3H3/t13-/m0/s1. The molecule has 174 valence electrons. The van der Waals surface area contributed by atoms with Gasteiger partial charge in [0.2, 0.25) is 0 Å². The van der Waals surface area contributed by atoms with Gasteiger partial charge in [-0.25, -0.2) is 8.42 Å². The van der Waals surface area contributed by atoms with E-state index in [0.717, 1.165) is 32.4 Å². The van der Waals surface area contributed by atoms with Crippen molar-refractivity contribution in [2.45, 2.75) is 30.2 Å². The number of alkyl halides is 3. The van der Waals surface area contributed by atoms with E-state index in [2.05, 4.69) is 0 Å². The molecule has 1 heterocycles. The molecule has 11 heteroatoms. The van der Waals surface area contributed by atoms with Crippen molar-refractivity contribution in [3.63, 3.8) is 0 Å². The molecule has 3 rings (SSSR count). The third-order valence-electron chi connectivity index (χ3n) is 4.85. The van der Waals surface area contributed by atoms with Gasteiger partial charge in [0.25, 0.3) is 5.91 Å². The minimum Gasteiger partial charge on any atom is -0.494 e. The van der Waals surface area contributed by atoms with Crippen molar-refractivity contribution in [2.24, 2.45) is 0 Å². The summed E-state index contributed by atoms with van der Waals surface area (Å²) in [6.07, 6.45) is -6.32. The third-order valence-corrected chi connectivity index (χ3v) is 5.97. The average Bonchev–Trinajstić information content (AvgIpc) is 2.68. The average molecular weight is 473 g/mol. The number of para-hydroxylation sites is 1. The van der Waals surface area contributed by atoms with Crippen LogP contribution in [0.2, 0.25) is 0 Å². The quantitative estimate of drug-likeness (QED) is 0.614. The first-order valence-corrected chi connectivity index (χ1v) is 11.5. The second kappa shape index (κ2) is 8.89. The Balaban J connectivity index is 1.91. The monoisotopic (exact) mass is 473 g/mol. The molecule has 1 aliphatic heterocycles. The van der Waals surface area contributed by atoms with E-state index >= 15 is 0 Å². The molecule has 0 bridgehead atoms. The number of sulfone groups is 1. The number of likely N-dealkylation sites (tertiary alicyclic amines) is 1. The zero-order valence-corrected chi connectivity index (χ0v) is 18.4. The van der Waals surface area contributed by atoms with Crippen LogP contribution in [0, 0.1) is 0 Å². The number of amides is 1. The van der Waals surface area contributed by atoms with Gasteiger partial charge in [-0.3, -0.25) is 4.79 Å². The Morgan fingerprint density at radius 3 is 2.28 bits per heavy atom. The van der Waals surface area contributed by atoms with Gasteiger partial charge in [-0.2, -0.15) is 13.2 Å². The molecule has 0 spiro atoms. The zero-order chi connectivity index (χ0) is 23.7. The van der Waals surface area contributed by atoms with E-state index in [4.69, 9.17) is 14.2 Å². The largest absolute Gasteiger partial charge is 0.494 e. The summed E-state index contributed by atoms with van der Waals surface area (Å²) >= 11 is 0. The van der Waals surface area contributed by atoms with Gasteiger partial charge in [0, 0.05) is 6.26 Å². The molecule has 1 saturated heterocycles. The van der Waals surface area contributed by atoms with Crippen LogP contribution in [0.25, 0.3) is 0 Å². The highest BCUT2D eigenvalue weighted by atomic mass is 32.2. The third kappa shape index (κ3) is 5.09. The van der Waals surface area contributed by atoms with Crippen molar-refractivity contribution in [1.29, 1.82) is 0 Å². The maximum absolute atomic E-state index is 13.2. The molecule has 1 aliphatic rings. The van der Waals surface area contributed by atoms with Crippen molar-refractivity contribution in [1.82, 2.24) is 4.90 Å². The van der Waals surface area contributed by atoms with Crippen LogP contribution >= 0.6 is 0 Å². The lowest BCUT2D eigenvalue weighted by Crippen LogP contribution is -2.56. The highest BCUT2D eigenvalue weighted by Gasteiger charge is 2.41. The Morgan fingerprint density at radius 2 is 1.75 bits per heavy atom. The minimum atomic E-state index is -4.69. The van der Waals surface area contributed by atoms with E-state index in [1.807, 2.05) is 6.07 Å². The highest BCUT2D eigenvalue weighted by molar-refractivity contribution is 7.90. The lowest BCUT2D eigenvalue weighted by atomic mass is 10.1. The molecule has 2 aromatic rings. The Kier molecular flexibility index (Phi) is 6.59. The maximum Gasteiger partial charge on any atom is 0.425 e. The van der Waals surface area contributed by atoms with Crippen LogP contribution in [-0.4, -0.2) is 64.1 Å². The van der Waals surface area contributed by atoms with Crippen molar-refractivity contribution >= 4 is 15.7 Å². The summed E-state index contributed by atoms with van der Waals surface area (Å²) in [4.78, 5) is 14.2. The molecule has 0 aromatic heterocycles. The number of methoxy groups -OCH3 is 1. The molecule has 0 aliphatic carbocycles. The maximum atomic E-state index is 13.2. The molecule has 0 N–H and O–H groups in total. The SMILES string of the molecule is COc1c(S(C)(=O)=O)ccc(O[C@@H](C)C(F)(F)F)c1C(=O)N1CC(Oc2ccccc2)C1. The fourth-order valence-corrected chi connectivity index (χ4v) is 3.96. The topological polar surface area (TPSA) is 82.1 Å². The van der Waals surface area contributed by atoms with Crippen LogP contribution in [0.3, 0.4) is 0 Å². The van der Waals surface area contributed by atoms with Gasteiger partial charge in [-0.05, 0) is 31.2 Å². The van der Waals surface area contributed by atoms with Crippen LogP contribution in [0.1, 0.15) is 17.3 Å². The molecule has 1 atom stereocenters. The second-order valence-electron chi connectivity index (χ2n) is 7.31. The second-order valence-corrected chi connectivity index (χ2v) is 9.29. The summed E-state index contributed by atoms with van der Waals surface area (Å²) in [5, 5.41) is 0. The molecule has 0 radical (unpaired) electrons. The number of ether oxygens (including phenoxy) is 3. The predicted molar refractivity (Wildman–Crippen MR) is 109 cm³/mol. The molecule has 0 saturated carbocycles. The van der Waals surface area contributed by atoms with Crippen molar-refractivity contribution < 1.29 is 40.6 Å². The summed E-state index contributed by atoms with van der Waals surface area (Å²) < 4.78 is 79.3. The lowest BCUT2D eigenvalue weighted by Gasteiger charge is -2.39. The van der Waals surface area contributed by atoms with E-state index in [1.165, 1.54) is 4.90 Å². The molecular formula is C21H22F3NO6S. The van der Waals surface area contributed by atoms with Crippen LogP contribution in [0.4, 0.5) is 13.2 Å². The number of carbonyl (C=O) groups is 1. The smallest absolute Gasteiger partial charge is 0.425 e. The van der Waals surface area contributed by atoms with Crippen LogP contribution in [0.5, 0.6) is 17.2 Å². The highest BCUT2D eigenvalue weighted by Crippen LogP contribution is 2.38. The normalized spacial score (nSPS) is 15.6. The fourth-order valence-electron chi connectivity index (χ4n) is 3.13. The molecule has 1 amide bonds. The van der Waals surface area contributed by atoms with E-state index in [9.17, 15) is 26.4 Å². The van der Waals surface area contributed by atoms with Crippen molar-refractivity contribution in [3.8, 4) is 17.2 Å². The Morgan fingerprint density at radius 1 is 1.12 bits per heavy atom.